The molecular formula is C15H21ClN2O3. The van der Waals surface area contributed by atoms with Crippen molar-refractivity contribution in [3.63, 3.8) is 0 Å². The van der Waals surface area contributed by atoms with Gasteiger partial charge in [-0.15, -0.1) is 0 Å². The first kappa shape index (κ1) is 15.9. The lowest BCUT2D eigenvalue weighted by Gasteiger charge is -2.34. The fourth-order valence-corrected chi connectivity index (χ4v) is 2.79. The Hall–Kier alpha value is -1.46. The Morgan fingerprint density at radius 2 is 2.43 bits per heavy atom. The van der Waals surface area contributed by atoms with Crippen LogP contribution in [-0.2, 0) is 4.74 Å². The Morgan fingerprint density at radius 1 is 1.62 bits per heavy atom. The third-order valence-electron chi connectivity index (χ3n) is 3.60. The van der Waals surface area contributed by atoms with Gasteiger partial charge in [-0.3, -0.25) is 5.32 Å². The van der Waals surface area contributed by atoms with Crippen molar-refractivity contribution in [2.75, 3.05) is 24.6 Å². The fourth-order valence-electron chi connectivity index (χ4n) is 2.60. The summed E-state index contributed by atoms with van der Waals surface area (Å²) in [6, 6.07) is 7.86. The van der Waals surface area contributed by atoms with Gasteiger partial charge in [-0.1, -0.05) is 17.7 Å². The van der Waals surface area contributed by atoms with E-state index in [1.165, 1.54) is 0 Å². The van der Waals surface area contributed by atoms with Crippen molar-refractivity contribution >= 4 is 23.4 Å². The molecule has 2 N–H and O–H groups in total. The largest absolute Gasteiger partial charge is 0.465 e. The van der Waals surface area contributed by atoms with E-state index in [4.69, 9.17) is 21.4 Å². The number of piperidine rings is 1. The summed E-state index contributed by atoms with van der Waals surface area (Å²) in [7, 11) is 0. The molecule has 116 valence electrons. The van der Waals surface area contributed by atoms with E-state index in [2.05, 4.69) is 16.3 Å². The summed E-state index contributed by atoms with van der Waals surface area (Å²) in [5.74, 6) is 0.399. The number of hydrogen-bond donors (Lipinski definition) is 2. The van der Waals surface area contributed by atoms with Crippen LogP contribution in [0, 0.1) is 5.92 Å². The average Bonchev–Trinajstić information content (AvgIpc) is 2.45. The number of halogens is 1. The fraction of sp³-hybridized carbons (Fsp3) is 0.533. The number of anilines is 1. The van der Waals surface area contributed by atoms with Crippen molar-refractivity contribution in [2.24, 2.45) is 5.92 Å². The molecular weight excluding hydrogens is 292 g/mol. The topological polar surface area (TPSA) is 61.8 Å². The zero-order chi connectivity index (χ0) is 15.2. The van der Waals surface area contributed by atoms with Crippen LogP contribution in [-0.4, -0.2) is 37.1 Å². The monoisotopic (exact) mass is 312 g/mol. The Morgan fingerprint density at radius 3 is 3.14 bits per heavy atom. The van der Waals surface area contributed by atoms with E-state index in [1.54, 1.807) is 6.92 Å². The summed E-state index contributed by atoms with van der Waals surface area (Å²) in [5, 5.41) is 11.7. The lowest BCUT2D eigenvalue weighted by molar-refractivity contribution is 0.0192. The minimum absolute atomic E-state index is 0.399. The maximum atomic E-state index is 10.5. The van der Waals surface area contributed by atoms with Crippen LogP contribution in [0.4, 0.5) is 10.5 Å². The van der Waals surface area contributed by atoms with Gasteiger partial charge in [0.1, 0.15) is 6.23 Å². The third kappa shape index (κ3) is 5.10. The van der Waals surface area contributed by atoms with Crippen LogP contribution in [0.3, 0.4) is 0 Å². The van der Waals surface area contributed by atoms with Crippen LogP contribution in [0.25, 0.3) is 0 Å². The summed E-state index contributed by atoms with van der Waals surface area (Å²) in [6.45, 7) is 4.17. The van der Waals surface area contributed by atoms with E-state index in [-0.39, 0.29) is 0 Å². The third-order valence-corrected chi connectivity index (χ3v) is 3.84. The summed E-state index contributed by atoms with van der Waals surface area (Å²) in [5.41, 5.74) is 1.13. The highest BCUT2D eigenvalue weighted by molar-refractivity contribution is 6.30. The van der Waals surface area contributed by atoms with Gasteiger partial charge in [0.15, 0.2) is 0 Å². The van der Waals surface area contributed by atoms with Gasteiger partial charge in [0.2, 0.25) is 0 Å². The zero-order valence-corrected chi connectivity index (χ0v) is 12.8. The molecule has 1 aromatic carbocycles. The highest BCUT2D eigenvalue weighted by atomic mass is 35.5. The number of carboxylic acid groups (broad SMARTS) is 1. The molecule has 2 atom stereocenters. The van der Waals surface area contributed by atoms with Crippen LogP contribution in [0.15, 0.2) is 24.3 Å². The molecule has 1 aromatic rings. The summed E-state index contributed by atoms with van der Waals surface area (Å²) in [6.07, 6.45) is 0.647. The molecule has 0 aromatic heterocycles. The Kier molecular flexibility index (Phi) is 5.70. The van der Waals surface area contributed by atoms with Crippen molar-refractivity contribution in [1.29, 1.82) is 0 Å². The van der Waals surface area contributed by atoms with E-state index in [0.717, 1.165) is 36.6 Å². The Balaban J connectivity index is 1.85. The summed E-state index contributed by atoms with van der Waals surface area (Å²) in [4.78, 5) is 12.8. The van der Waals surface area contributed by atoms with Crippen molar-refractivity contribution in [1.82, 2.24) is 5.32 Å². The van der Waals surface area contributed by atoms with E-state index >= 15 is 0 Å². The summed E-state index contributed by atoms with van der Waals surface area (Å²) < 4.78 is 5.56. The Labute approximate surface area is 129 Å². The first-order chi connectivity index (χ1) is 10.0. The van der Waals surface area contributed by atoms with Gasteiger partial charge < -0.3 is 14.7 Å². The second-order valence-corrected chi connectivity index (χ2v) is 5.80. The average molecular weight is 313 g/mol. The molecule has 1 aliphatic heterocycles. The Bertz CT molecular complexity index is 484. The number of carbonyl (C=O) groups is 1. The molecule has 0 saturated carbocycles. The molecule has 6 heteroatoms. The number of benzene rings is 1. The molecule has 1 amide bonds. The van der Waals surface area contributed by atoms with Crippen molar-refractivity contribution in [3.8, 4) is 0 Å². The van der Waals surface area contributed by atoms with Gasteiger partial charge in [-0.2, -0.15) is 0 Å². The minimum Gasteiger partial charge on any atom is -0.465 e. The smallest absolute Gasteiger partial charge is 0.406 e. The van der Waals surface area contributed by atoms with Crippen LogP contribution in [0.5, 0.6) is 0 Å². The van der Waals surface area contributed by atoms with Crippen molar-refractivity contribution in [3.05, 3.63) is 29.3 Å². The van der Waals surface area contributed by atoms with E-state index in [9.17, 15) is 4.79 Å². The highest BCUT2D eigenvalue weighted by Crippen LogP contribution is 2.25. The summed E-state index contributed by atoms with van der Waals surface area (Å²) >= 11 is 6.04. The molecule has 0 bridgehead atoms. The van der Waals surface area contributed by atoms with Crippen LogP contribution >= 0.6 is 11.6 Å². The van der Waals surface area contributed by atoms with Gasteiger partial charge in [0.05, 0.1) is 6.61 Å². The van der Waals surface area contributed by atoms with Crippen LogP contribution in [0.2, 0.25) is 5.02 Å². The molecule has 0 unspecified atom stereocenters. The predicted molar refractivity (Wildman–Crippen MR) is 83.0 cm³/mol. The molecule has 0 aliphatic carbocycles. The van der Waals surface area contributed by atoms with Gasteiger partial charge in [0, 0.05) is 23.8 Å². The molecule has 2 rings (SSSR count). The van der Waals surface area contributed by atoms with Crippen LogP contribution in [0.1, 0.15) is 19.8 Å². The lowest BCUT2D eigenvalue weighted by Crippen LogP contribution is -2.40. The molecule has 0 radical (unpaired) electrons. The maximum absolute atomic E-state index is 10.5. The van der Waals surface area contributed by atoms with E-state index in [1.807, 2.05) is 18.2 Å². The zero-order valence-electron chi connectivity index (χ0n) is 12.1. The molecule has 1 heterocycles. The number of hydrogen-bond acceptors (Lipinski definition) is 3. The first-order valence-electron chi connectivity index (χ1n) is 7.16. The molecule has 21 heavy (non-hydrogen) atoms. The second kappa shape index (κ2) is 7.52. The van der Waals surface area contributed by atoms with E-state index < -0.39 is 12.3 Å². The second-order valence-electron chi connectivity index (χ2n) is 5.36. The standard InChI is InChI=1S/C15H21ClN2O3/c1-11(17-15(19)20)21-10-12-4-3-7-18(9-12)14-6-2-5-13(16)8-14/h2,5-6,8,11-12,17H,3-4,7,9-10H2,1H3,(H,19,20)/t11-,12-/m1/s1. The van der Waals surface area contributed by atoms with Crippen molar-refractivity contribution < 1.29 is 14.6 Å². The quantitative estimate of drug-likeness (QED) is 0.820. The molecule has 1 fully saturated rings. The molecule has 0 spiro atoms. The van der Waals surface area contributed by atoms with Crippen LogP contribution < -0.4 is 10.2 Å². The minimum atomic E-state index is -1.06. The predicted octanol–water partition coefficient (Wildman–Crippen LogP) is 3.19. The first-order valence-corrected chi connectivity index (χ1v) is 7.54. The van der Waals surface area contributed by atoms with E-state index in [0.29, 0.717) is 12.5 Å². The number of rotatable bonds is 5. The lowest BCUT2D eigenvalue weighted by atomic mass is 9.98. The number of nitrogens with zero attached hydrogens (tertiary/aromatic N) is 1. The normalized spacial score (nSPS) is 20.1. The van der Waals surface area contributed by atoms with Gasteiger partial charge >= 0.3 is 6.09 Å². The number of amides is 1. The molecule has 5 nitrogen and oxygen atoms in total. The molecule has 1 aliphatic rings. The van der Waals surface area contributed by atoms with Gasteiger partial charge in [0.25, 0.3) is 0 Å². The highest BCUT2D eigenvalue weighted by Gasteiger charge is 2.21. The van der Waals surface area contributed by atoms with Gasteiger partial charge in [-0.25, -0.2) is 4.79 Å². The van der Waals surface area contributed by atoms with Crippen molar-refractivity contribution in [2.45, 2.75) is 26.0 Å². The SMILES string of the molecule is C[C@H](NC(=O)O)OC[C@@H]1CCCN(c2cccc(Cl)c2)C1. The maximum Gasteiger partial charge on any atom is 0.406 e. The molecule has 1 saturated heterocycles. The number of ether oxygens (including phenoxy) is 1. The number of nitrogens with one attached hydrogen (secondary N) is 1. The van der Waals surface area contributed by atoms with Gasteiger partial charge in [-0.05, 0) is 43.9 Å².